The number of aliphatic imine (C=N–C) groups is 1. The van der Waals surface area contributed by atoms with Crippen LogP contribution in [0.4, 0.5) is 11.4 Å². The number of hydrogen-bond donors (Lipinski definition) is 2. The van der Waals surface area contributed by atoms with Gasteiger partial charge in [-0.05, 0) is 55.2 Å². The minimum Gasteiger partial charge on any atom is -0.378 e. The van der Waals surface area contributed by atoms with Crippen LogP contribution in [0.25, 0.3) is 0 Å². The van der Waals surface area contributed by atoms with Gasteiger partial charge in [-0.2, -0.15) is 4.99 Å². The van der Waals surface area contributed by atoms with Crippen LogP contribution in [0.2, 0.25) is 0 Å². The fraction of sp³-hybridized carbons (Fsp3) is 0.591. The summed E-state index contributed by atoms with van der Waals surface area (Å²) in [5.74, 6) is 1.93. The van der Waals surface area contributed by atoms with Crippen LogP contribution in [-0.4, -0.2) is 53.0 Å². The van der Waals surface area contributed by atoms with Crippen molar-refractivity contribution in [2.45, 2.75) is 45.4 Å². The number of nitrogens with zero attached hydrogens (tertiary/aromatic N) is 3. The van der Waals surface area contributed by atoms with Crippen molar-refractivity contribution in [2.75, 3.05) is 42.1 Å². The third-order valence-corrected chi connectivity index (χ3v) is 7.08. The number of piperazine rings is 1. The molecule has 1 aromatic carbocycles. The summed E-state index contributed by atoms with van der Waals surface area (Å²) >= 11 is 6.98. The monoisotopic (exact) mass is 447 g/mol. The first-order valence-electron chi connectivity index (χ1n) is 10.9. The van der Waals surface area contributed by atoms with Gasteiger partial charge >= 0.3 is 0 Å². The first-order chi connectivity index (χ1) is 14.5. The quantitative estimate of drug-likeness (QED) is 0.314. The molecule has 2 fully saturated rings. The summed E-state index contributed by atoms with van der Waals surface area (Å²) in [5.41, 5.74) is 8.14. The molecule has 0 unspecified atom stereocenters. The number of amidine groups is 1. The van der Waals surface area contributed by atoms with Crippen molar-refractivity contribution < 1.29 is 4.79 Å². The highest BCUT2D eigenvalue weighted by Crippen LogP contribution is 2.26. The van der Waals surface area contributed by atoms with E-state index in [0.29, 0.717) is 10.3 Å². The molecule has 6 nitrogen and oxygen atoms in total. The van der Waals surface area contributed by atoms with Gasteiger partial charge in [-0.1, -0.05) is 37.4 Å². The van der Waals surface area contributed by atoms with E-state index in [1.807, 2.05) is 17.0 Å². The minimum absolute atomic E-state index is 0.148. The Kier molecular flexibility index (Phi) is 8.81. The number of nitrogens with two attached hydrogens (primary N) is 1. The molecule has 164 valence electrons. The average molecular weight is 448 g/mol. The van der Waals surface area contributed by atoms with Crippen LogP contribution in [0.1, 0.15) is 45.4 Å². The SMILES string of the molecule is CC(=O)N1CCN(c2ccc(NC(=S)/N=C(\N)SCC3CCCCCC3)cc2)CC1. The number of benzene rings is 1. The number of hydrogen-bond acceptors (Lipinski definition) is 4. The summed E-state index contributed by atoms with van der Waals surface area (Å²) in [7, 11) is 0. The van der Waals surface area contributed by atoms with Crippen LogP contribution in [0, 0.1) is 5.92 Å². The van der Waals surface area contributed by atoms with Gasteiger partial charge in [-0.3, -0.25) is 4.79 Å². The Morgan fingerprint density at radius 3 is 2.37 bits per heavy atom. The number of carbonyl (C=O) groups excluding carboxylic acids is 1. The van der Waals surface area contributed by atoms with Crippen LogP contribution in [0.5, 0.6) is 0 Å². The van der Waals surface area contributed by atoms with Crippen LogP contribution in [-0.2, 0) is 4.79 Å². The number of thioether (sulfide) groups is 1. The van der Waals surface area contributed by atoms with E-state index < -0.39 is 0 Å². The predicted molar refractivity (Wildman–Crippen MR) is 132 cm³/mol. The van der Waals surface area contributed by atoms with E-state index in [1.54, 1.807) is 18.7 Å². The second kappa shape index (κ2) is 11.6. The van der Waals surface area contributed by atoms with Crippen molar-refractivity contribution in [1.82, 2.24) is 4.90 Å². The molecule has 3 rings (SSSR count). The van der Waals surface area contributed by atoms with Gasteiger partial charge in [0.1, 0.15) is 0 Å². The van der Waals surface area contributed by atoms with Gasteiger partial charge in [-0.15, -0.1) is 0 Å². The summed E-state index contributed by atoms with van der Waals surface area (Å²) in [6.07, 6.45) is 8.02. The van der Waals surface area contributed by atoms with E-state index in [9.17, 15) is 4.79 Å². The molecule has 1 aromatic rings. The Bertz CT molecular complexity index is 736. The molecule has 0 aromatic heterocycles. The second-order valence-electron chi connectivity index (χ2n) is 8.09. The number of nitrogens with one attached hydrogen (secondary N) is 1. The Morgan fingerprint density at radius 1 is 1.13 bits per heavy atom. The topological polar surface area (TPSA) is 74.0 Å². The Hall–Kier alpha value is -1.80. The zero-order valence-electron chi connectivity index (χ0n) is 17.8. The molecule has 1 saturated heterocycles. The summed E-state index contributed by atoms with van der Waals surface area (Å²) in [5, 5.41) is 4.08. The highest BCUT2D eigenvalue weighted by molar-refractivity contribution is 8.13. The van der Waals surface area contributed by atoms with Crippen LogP contribution in [0.3, 0.4) is 0 Å². The lowest BCUT2D eigenvalue weighted by molar-refractivity contribution is -0.129. The lowest BCUT2D eigenvalue weighted by Crippen LogP contribution is -2.48. The van der Waals surface area contributed by atoms with Gasteiger partial charge < -0.3 is 20.9 Å². The minimum atomic E-state index is 0.148. The fourth-order valence-corrected chi connectivity index (χ4v) is 5.22. The Morgan fingerprint density at radius 2 is 1.77 bits per heavy atom. The van der Waals surface area contributed by atoms with Gasteiger partial charge in [0, 0.05) is 50.2 Å². The molecule has 8 heteroatoms. The number of anilines is 2. The van der Waals surface area contributed by atoms with E-state index >= 15 is 0 Å². The largest absolute Gasteiger partial charge is 0.378 e. The molecule has 0 radical (unpaired) electrons. The molecule has 0 atom stereocenters. The molecular formula is C22H33N5OS2. The van der Waals surface area contributed by atoms with Crippen molar-refractivity contribution in [3.8, 4) is 0 Å². The molecule has 30 heavy (non-hydrogen) atoms. The lowest BCUT2D eigenvalue weighted by Gasteiger charge is -2.35. The van der Waals surface area contributed by atoms with Gasteiger partial charge in [0.25, 0.3) is 0 Å². The first kappa shape index (κ1) is 22.9. The zero-order chi connectivity index (χ0) is 21.3. The van der Waals surface area contributed by atoms with Gasteiger partial charge in [0.2, 0.25) is 5.91 Å². The first-order valence-corrected chi connectivity index (χ1v) is 12.3. The van der Waals surface area contributed by atoms with Crippen molar-refractivity contribution in [3.63, 3.8) is 0 Å². The van der Waals surface area contributed by atoms with Gasteiger partial charge in [0.15, 0.2) is 10.3 Å². The van der Waals surface area contributed by atoms with E-state index in [2.05, 4.69) is 27.3 Å². The highest BCUT2D eigenvalue weighted by Gasteiger charge is 2.18. The van der Waals surface area contributed by atoms with E-state index in [4.69, 9.17) is 18.0 Å². The van der Waals surface area contributed by atoms with Gasteiger partial charge in [-0.25, -0.2) is 0 Å². The van der Waals surface area contributed by atoms with Crippen LogP contribution < -0.4 is 16.0 Å². The number of carbonyl (C=O) groups is 1. The Labute approximate surface area is 189 Å². The summed E-state index contributed by atoms with van der Waals surface area (Å²) in [4.78, 5) is 20.0. The summed E-state index contributed by atoms with van der Waals surface area (Å²) in [6, 6.07) is 8.15. The normalized spacial score (nSPS) is 18.8. The highest BCUT2D eigenvalue weighted by atomic mass is 32.2. The fourth-order valence-electron chi connectivity index (χ4n) is 4.05. The molecule has 1 heterocycles. The van der Waals surface area contributed by atoms with Crippen molar-refractivity contribution >= 4 is 51.5 Å². The molecule has 0 bridgehead atoms. The molecule has 3 N–H and O–H groups in total. The summed E-state index contributed by atoms with van der Waals surface area (Å²) in [6.45, 7) is 4.87. The van der Waals surface area contributed by atoms with Crippen molar-refractivity contribution in [2.24, 2.45) is 16.6 Å². The second-order valence-corrected chi connectivity index (χ2v) is 9.52. The molecule has 1 aliphatic carbocycles. The number of amides is 1. The zero-order valence-corrected chi connectivity index (χ0v) is 19.4. The number of thiocarbonyl (C=S) groups is 1. The standard InChI is InChI=1S/C22H33N5OS2/c1-17(28)26-12-14-27(15-13-26)20-10-8-19(9-11-20)24-22(29)25-21(23)30-16-18-6-4-2-3-5-7-18/h8-11,18H,2-7,12-16H2,1H3,(H3,23,24,25,29). The van der Waals surface area contributed by atoms with E-state index in [-0.39, 0.29) is 5.91 Å². The summed E-state index contributed by atoms with van der Waals surface area (Å²) < 4.78 is 0. The molecule has 0 spiro atoms. The van der Waals surface area contributed by atoms with Crippen LogP contribution in [0.15, 0.2) is 29.3 Å². The maximum absolute atomic E-state index is 11.5. The van der Waals surface area contributed by atoms with Crippen molar-refractivity contribution in [1.29, 1.82) is 0 Å². The van der Waals surface area contributed by atoms with Crippen LogP contribution >= 0.6 is 24.0 Å². The van der Waals surface area contributed by atoms with E-state index in [0.717, 1.165) is 49.2 Å². The lowest BCUT2D eigenvalue weighted by atomic mass is 10.0. The predicted octanol–water partition coefficient (Wildman–Crippen LogP) is 4.07. The maximum Gasteiger partial charge on any atom is 0.219 e. The number of rotatable bonds is 4. The van der Waals surface area contributed by atoms with E-state index in [1.165, 1.54) is 38.5 Å². The molecule has 2 aliphatic rings. The average Bonchev–Trinajstić information content (AvgIpc) is 3.02. The van der Waals surface area contributed by atoms with Gasteiger partial charge in [0.05, 0.1) is 0 Å². The molecule has 1 amide bonds. The van der Waals surface area contributed by atoms with Crippen molar-refractivity contribution in [3.05, 3.63) is 24.3 Å². The maximum atomic E-state index is 11.5. The third kappa shape index (κ3) is 7.16. The smallest absolute Gasteiger partial charge is 0.219 e. The third-order valence-electron chi connectivity index (χ3n) is 5.86. The molecular weight excluding hydrogens is 414 g/mol. The Balaban J connectivity index is 1.44. The molecule has 1 aliphatic heterocycles. The molecule has 1 saturated carbocycles.